The molecule has 1 aliphatic carbocycles. The van der Waals surface area contributed by atoms with E-state index in [-0.39, 0.29) is 11.8 Å². The van der Waals surface area contributed by atoms with Gasteiger partial charge in [-0.2, -0.15) is 0 Å². The number of alkyl halides is 1. The number of benzene rings is 1. The molecule has 7 heteroatoms. The summed E-state index contributed by atoms with van der Waals surface area (Å²) in [5.41, 5.74) is 2.48. The average Bonchev–Trinajstić information content (AvgIpc) is 2.54. The molecule has 0 amide bonds. The first-order valence-corrected chi connectivity index (χ1v) is 8.49. The molecule has 0 fully saturated rings. The van der Waals surface area contributed by atoms with Crippen LogP contribution >= 0.6 is 23.2 Å². The Hall–Kier alpha value is -1.72. The highest BCUT2D eigenvalue weighted by Gasteiger charge is 2.20. The van der Waals surface area contributed by atoms with Crippen LogP contribution in [0.15, 0.2) is 34.9 Å². The number of carboxylic acids is 1. The molecular formula is C17H19Cl2NO4. The van der Waals surface area contributed by atoms with E-state index < -0.39 is 18.5 Å². The summed E-state index contributed by atoms with van der Waals surface area (Å²) in [5.74, 6) is -1.77. The molecule has 1 unspecified atom stereocenters. The molecule has 0 aliphatic heterocycles. The minimum absolute atomic E-state index is 0.00641. The zero-order valence-electron chi connectivity index (χ0n) is 13.1. The van der Waals surface area contributed by atoms with Gasteiger partial charge in [0.25, 0.3) is 0 Å². The van der Waals surface area contributed by atoms with E-state index in [2.05, 4.69) is 10.1 Å². The summed E-state index contributed by atoms with van der Waals surface area (Å²) in [6.45, 7) is -0.126. The molecule has 0 saturated carbocycles. The minimum atomic E-state index is -1.18. The lowest BCUT2D eigenvalue weighted by Crippen LogP contribution is -2.19. The van der Waals surface area contributed by atoms with E-state index in [1.54, 1.807) is 6.07 Å². The topological polar surface area (TPSA) is 75.6 Å². The highest BCUT2D eigenvalue weighted by atomic mass is 35.5. The second-order valence-electron chi connectivity index (χ2n) is 5.53. The molecule has 2 rings (SSSR count). The number of carboxylic acid groups (broad SMARTS) is 1. The fourth-order valence-electron chi connectivity index (χ4n) is 2.53. The molecule has 24 heavy (non-hydrogen) atoms. The summed E-state index contributed by atoms with van der Waals surface area (Å²) in [6, 6.07) is 7.30. The van der Waals surface area contributed by atoms with Crippen molar-refractivity contribution in [3.63, 3.8) is 0 Å². The zero-order chi connectivity index (χ0) is 17.5. The van der Waals surface area contributed by atoms with Gasteiger partial charge in [-0.1, -0.05) is 29.8 Å². The van der Waals surface area contributed by atoms with E-state index in [1.807, 2.05) is 18.2 Å². The van der Waals surface area contributed by atoms with Crippen LogP contribution in [0.1, 0.15) is 24.8 Å². The number of anilines is 1. The number of hydrogen-bond acceptors (Lipinski definition) is 4. The number of allylic oxidation sites excluding steroid dienone is 1. The van der Waals surface area contributed by atoms with Crippen LogP contribution in [0.2, 0.25) is 0 Å². The third-order valence-corrected chi connectivity index (χ3v) is 4.67. The Kier molecular flexibility index (Phi) is 6.94. The Bertz CT molecular complexity index is 645. The summed E-state index contributed by atoms with van der Waals surface area (Å²) >= 11 is 12.6. The van der Waals surface area contributed by atoms with Gasteiger partial charge < -0.3 is 15.2 Å². The molecule has 1 aromatic rings. The molecule has 0 spiro atoms. The number of carbonyl (C=O) groups excluding carboxylic acids is 1. The molecule has 0 radical (unpaired) electrons. The lowest BCUT2D eigenvalue weighted by atomic mass is 9.98. The highest BCUT2D eigenvalue weighted by Crippen LogP contribution is 2.31. The molecule has 0 aromatic heterocycles. The number of halogens is 2. The number of esters is 1. The van der Waals surface area contributed by atoms with Crippen molar-refractivity contribution in [3.8, 4) is 0 Å². The van der Waals surface area contributed by atoms with Crippen molar-refractivity contribution < 1.29 is 19.4 Å². The molecule has 0 bridgehead atoms. The predicted molar refractivity (Wildman–Crippen MR) is 93.6 cm³/mol. The van der Waals surface area contributed by atoms with Gasteiger partial charge in [0.05, 0.1) is 11.8 Å². The number of hydrogen-bond donors (Lipinski definition) is 2. The van der Waals surface area contributed by atoms with E-state index >= 15 is 0 Å². The summed E-state index contributed by atoms with van der Waals surface area (Å²) in [7, 11) is 0. The van der Waals surface area contributed by atoms with Crippen LogP contribution in [-0.4, -0.2) is 35.6 Å². The number of para-hydroxylation sites is 1. The van der Waals surface area contributed by atoms with Crippen LogP contribution < -0.4 is 5.32 Å². The third-order valence-electron chi connectivity index (χ3n) is 3.76. The first kappa shape index (κ1) is 18.6. The lowest BCUT2D eigenvalue weighted by molar-refractivity contribution is -0.154. The van der Waals surface area contributed by atoms with Gasteiger partial charge in [0.15, 0.2) is 6.61 Å². The summed E-state index contributed by atoms with van der Waals surface area (Å²) in [6.07, 6.45) is 2.72. The Labute approximate surface area is 150 Å². The van der Waals surface area contributed by atoms with Gasteiger partial charge in [-0.25, -0.2) is 4.79 Å². The van der Waals surface area contributed by atoms with Gasteiger partial charge in [-0.15, -0.1) is 11.6 Å². The van der Waals surface area contributed by atoms with Crippen LogP contribution in [0.25, 0.3) is 0 Å². The van der Waals surface area contributed by atoms with E-state index in [1.165, 1.54) is 0 Å². The van der Waals surface area contributed by atoms with Crippen molar-refractivity contribution in [2.24, 2.45) is 0 Å². The van der Waals surface area contributed by atoms with Crippen LogP contribution in [-0.2, 0) is 20.7 Å². The largest absolute Gasteiger partial charge is 0.479 e. The number of aliphatic carboxylic acids is 1. The van der Waals surface area contributed by atoms with Gasteiger partial charge in [-0.05, 0) is 36.5 Å². The number of nitrogens with one attached hydrogen (secondary N) is 1. The van der Waals surface area contributed by atoms with Crippen molar-refractivity contribution in [1.82, 2.24) is 0 Å². The second kappa shape index (κ2) is 8.94. The molecule has 5 nitrogen and oxygen atoms in total. The van der Waals surface area contributed by atoms with Gasteiger partial charge >= 0.3 is 11.9 Å². The molecule has 0 heterocycles. The van der Waals surface area contributed by atoms with Gasteiger partial charge in [-0.3, -0.25) is 4.79 Å². The van der Waals surface area contributed by atoms with Crippen LogP contribution in [0.5, 0.6) is 0 Å². The summed E-state index contributed by atoms with van der Waals surface area (Å²) < 4.78 is 4.67. The van der Waals surface area contributed by atoms with E-state index in [4.69, 9.17) is 28.3 Å². The standard InChI is InChI=1S/C17H19Cl2NO4/c18-13-5-3-6-14(19)12(13)9-20-15-7-2-1-4-11(15)8-17(23)24-10-16(21)22/h1-2,4,7,13,20H,3,5-6,8-10H2,(H,21,22). The minimum Gasteiger partial charge on any atom is -0.479 e. The lowest BCUT2D eigenvalue weighted by Gasteiger charge is -2.22. The van der Waals surface area contributed by atoms with Crippen molar-refractivity contribution in [1.29, 1.82) is 0 Å². The summed E-state index contributed by atoms with van der Waals surface area (Å²) in [5, 5.41) is 12.5. The average molecular weight is 372 g/mol. The molecular weight excluding hydrogens is 353 g/mol. The first-order chi connectivity index (χ1) is 11.5. The van der Waals surface area contributed by atoms with E-state index in [9.17, 15) is 9.59 Å². The van der Waals surface area contributed by atoms with Crippen molar-refractivity contribution in [3.05, 3.63) is 40.4 Å². The fourth-order valence-corrected chi connectivity index (χ4v) is 3.29. The van der Waals surface area contributed by atoms with Crippen molar-refractivity contribution in [2.75, 3.05) is 18.5 Å². The van der Waals surface area contributed by atoms with Gasteiger partial charge in [0.1, 0.15) is 0 Å². The zero-order valence-corrected chi connectivity index (χ0v) is 14.6. The quantitative estimate of drug-likeness (QED) is 0.566. The van der Waals surface area contributed by atoms with E-state index in [0.29, 0.717) is 6.54 Å². The molecule has 2 N–H and O–H groups in total. The number of rotatable bonds is 7. The smallest absolute Gasteiger partial charge is 0.341 e. The highest BCUT2D eigenvalue weighted by molar-refractivity contribution is 6.31. The Morgan fingerprint density at radius 1 is 1.33 bits per heavy atom. The van der Waals surface area contributed by atoms with Crippen LogP contribution in [0.3, 0.4) is 0 Å². The van der Waals surface area contributed by atoms with Crippen LogP contribution in [0, 0.1) is 0 Å². The molecule has 1 aliphatic rings. The van der Waals surface area contributed by atoms with Crippen molar-refractivity contribution >= 4 is 40.8 Å². The number of carbonyl (C=O) groups is 2. The van der Waals surface area contributed by atoms with E-state index in [0.717, 1.165) is 41.1 Å². The second-order valence-corrected chi connectivity index (χ2v) is 6.51. The maximum atomic E-state index is 11.7. The Morgan fingerprint density at radius 3 is 2.79 bits per heavy atom. The first-order valence-electron chi connectivity index (χ1n) is 7.68. The normalized spacial score (nSPS) is 17.5. The monoisotopic (exact) mass is 371 g/mol. The molecule has 1 aromatic carbocycles. The summed E-state index contributed by atoms with van der Waals surface area (Å²) in [4.78, 5) is 22.2. The van der Waals surface area contributed by atoms with Gasteiger partial charge in [0, 0.05) is 17.3 Å². The molecule has 130 valence electrons. The Morgan fingerprint density at radius 2 is 2.08 bits per heavy atom. The van der Waals surface area contributed by atoms with Crippen molar-refractivity contribution in [2.45, 2.75) is 31.1 Å². The molecule has 0 saturated heterocycles. The van der Waals surface area contributed by atoms with Gasteiger partial charge in [0.2, 0.25) is 0 Å². The molecule has 1 atom stereocenters. The van der Waals surface area contributed by atoms with Crippen LogP contribution in [0.4, 0.5) is 5.69 Å². The maximum absolute atomic E-state index is 11.7. The number of ether oxygens (including phenoxy) is 1. The maximum Gasteiger partial charge on any atom is 0.341 e. The third kappa shape index (κ3) is 5.42. The SMILES string of the molecule is O=C(O)COC(=O)Cc1ccccc1NCC1=C(Cl)CCCC1Cl. The Balaban J connectivity index is 2.01. The predicted octanol–water partition coefficient (Wildman–Crippen LogP) is 3.55. The fraction of sp³-hybridized carbons (Fsp3) is 0.412.